The van der Waals surface area contributed by atoms with E-state index in [2.05, 4.69) is 4.72 Å². The summed E-state index contributed by atoms with van der Waals surface area (Å²) in [4.78, 5) is 23.1. The Bertz CT molecular complexity index is 947. The van der Waals surface area contributed by atoms with Gasteiger partial charge in [-0.25, -0.2) is 17.9 Å². The lowest BCUT2D eigenvalue weighted by Gasteiger charge is -2.09. The average Bonchev–Trinajstić information content (AvgIpc) is 2.48. The second-order valence-electron chi connectivity index (χ2n) is 5.03. The molecule has 0 amide bonds. The van der Waals surface area contributed by atoms with Gasteiger partial charge in [-0.3, -0.25) is 9.36 Å². The van der Waals surface area contributed by atoms with Crippen molar-refractivity contribution in [1.29, 1.82) is 0 Å². The van der Waals surface area contributed by atoms with Crippen LogP contribution in [0, 0.1) is 0 Å². The largest absolute Gasteiger partial charge is 0.330 e. The summed E-state index contributed by atoms with van der Waals surface area (Å²) in [6.07, 6.45) is 1.44. The molecule has 0 bridgehead atoms. The molecule has 0 aliphatic heterocycles. The summed E-state index contributed by atoms with van der Waals surface area (Å²) in [5, 5.41) is 0.567. The van der Waals surface area contributed by atoms with E-state index in [-0.39, 0.29) is 6.54 Å². The third-order valence-corrected chi connectivity index (χ3v) is 4.98. The molecule has 0 radical (unpaired) electrons. The van der Waals surface area contributed by atoms with Crippen molar-refractivity contribution < 1.29 is 8.42 Å². The highest BCUT2D eigenvalue weighted by Crippen LogP contribution is 2.11. The van der Waals surface area contributed by atoms with Crippen LogP contribution in [0.2, 0.25) is 5.02 Å². The van der Waals surface area contributed by atoms with Crippen LogP contribution in [0.5, 0.6) is 0 Å². The highest BCUT2D eigenvalue weighted by molar-refractivity contribution is 7.89. The Morgan fingerprint density at radius 1 is 1.22 bits per heavy atom. The molecular weight excluding hydrogens is 342 g/mol. The molecule has 1 N–H and O–H groups in total. The normalized spacial score (nSPS) is 11.6. The van der Waals surface area contributed by atoms with Gasteiger partial charge < -0.3 is 4.57 Å². The molecule has 1 aromatic carbocycles. The fourth-order valence-corrected chi connectivity index (χ4v) is 3.46. The van der Waals surface area contributed by atoms with Crippen molar-refractivity contribution in [2.75, 3.05) is 6.54 Å². The van der Waals surface area contributed by atoms with E-state index in [1.807, 2.05) is 6.07 Å². The highest BCUT2D eigenvalue weighted by atomic mass is 35.5. The van der Waals surface area contributed by atoms with Crippen LogP contribution in [0.4, 0.5) is 0 Å². The van der Waals surface area contributed by atoms with Crippen LogP contribution in [-0.2, 0) is 30.5 Å². The van der Waals surface area contributed by atoms with E-state index in [0.29, 0.717) is 11.4 Å². The van der Waals surface area contributed by atoms with Crippen molar-refractivity contribution in [3.8, 4) is 0 Å². The molecule has 0 saturated heterocycles. The lowest BCUT2D eigenvalue weighted by Crippen LogP contribution is -2.41. The fourth-order valence-electron chi connectivity index (χ4n) is 2.06. The molecule has 0 spiro atoms. The second-order valence-corrected chi connectivity index (χ2v) is 7.20. The number of sulfonamides is 1. The van der Waals surface area contributed by atoms with E-state index in [1.165, 1.54) is 14.1 Å². The van der Waals surface area contributed by atoms with Gasteiger partial charge in [0.25, 0.3) is 5.56 Å². The summed E-state index contributed by atoms with van der Waals surface area (Å²) in [6.45, 7) is 0.106. The molecule has 0 fully saturated rings. The summed E-state index contributed by atoms with van der Waals surface area (Å²) in [7, 11) is -1.40. The number of nitrogens with zero attached hydrogens (tertiary/aromatic N) is 2. The molecule has 124 valence electrons. The molecule has 2 rings (SSSR count). The maximum absolute atomic E-state index is 12.3. The lowest BCUT2D eigenvalue weighted by molar-refractivity contribution is 0.571. The van der Waals surface area contributed by atoms with Crippen LogP contribution >= 0.6 is 11.6 Å². The van der Waals surface area contributed by atoms with Crippen LogP contribution in [-0.4, -0.2) is 24.1 Å². The molecule has 9 heteroatoms. The predicted molar refractivity (Wildman–Crippen MR) is 87.3 cm³/mol. The zero-order valence-corrected chi connectivity index (χ0v) is 14.2. The van der Waals surface area contributed by atoms with Crippen molar-refractivity contribution in [3.63, 3.8) is 0 Å². The molecule has 23 heavy (non-hydrogen) atoms. The Balaban J connectivity index is 2.20. The third kappa shape index (κ3) is 3.90. The van der Waals surface area contributed by atoms with Gasteiger partial charge in [-0.15, -0.1) is 0 Å². The smallest absolute Gasteiger partial charge is 0.302 e. The van der Waals surface area contributed by atoms with Gasteiger partial charge in [-0.05, 0) is 24.1 Å². The molecule has 0 unspecified atom stereocenters. The molecule has 1 heterocycles. The first kappa shape index (κ1) is 17.5. The number of hydrogen-bond acceptors (Lipinski definition) is 4. The van der Waals surface area contributed by atoms with Gasteiger partial charge in [0.1, 0.15) is 0 Å². The number of halogens is 1. The van der Waals surface area contributed by atoms with E-state index in [9.17, 15) is 18.0 Å². The summed E-state index contributed by atoms with van der Waals surface area (Å²) < 4.78 is 28.7. The van der Waals surface area contributed by atoms with E-state index < -0.39 is 26.2 Å². The number of aryl methyl sites for hydroxylation is 1. The minimum absolute atomic E-state index is 0.106. The molecule has 1 aromatic heterocycles. The number of nitrogens with one attached hydrogen (secondary N) is 1. The Labute approximate surface area is 138 Å². The van der Waals surface area contributed by atoms with E-state index in [1.54, 1.807) is 18.2 Å². The number of benzene rings is 1. The van der Waals surface area contributed by atoms with Gasteiger partial charge in [0.15, 0.2) is 4.90 Å². The van der Waals surface area contributed by atoms with Crippen LogP contribution in [0.3, 0.4) is 0 Å². The lowest BCUT2D eigenvalue weighted by atomic mass is 10.2. The number of hydrogen-bond donors (Lipinski definition) is 1. The highest BCUT2D eigenvalue weighted by Gasteiger charge is 2.20. The minimum atomic E-state index is -4.01. The molecule has 0 aliphatic carbocycles. The van der Waals surface area contributed by atoms with Crippen molar-refractivity contribution in [2.24, 2.45) is 14.1 Å². The third-order valence-electron chi connectivity index (χ3n) is 3.30. The molecule has 7 nitrogen and oxygen atoms in total. The van der Waals surface area contributed by atoms with Crippen molar-refractivity contribution >= 4 is 21.6 Å². The molecule has 0 atom stereocenters. The zero-order chi connectivity index (χ0) is 17.2. The Hall–Kier alpha value is -1.90. The topological polar surface area (TPSA) is 90.2 Å². The minimum Gasteiger partial charge on any atom is -0.302 e. The predicted octanol–water partition coefficient (Wildman–Crippen LogP) is 0.258. The average molecular weight is 358 g/mol. The fraction of sp³-hybridized carbons (Fsp3) is 0.286. The second kappa shape index (κ2) is 6.69. The monoisotopic (exact) mass is 357 g/mol. The first-order valence-corrected chi connectivity index (χ1v) is 8.59. The molecule has 0 aliphatic rings. The van der Waals surface area contributed by atoms with Crippen LogP contribution in [0.15, 0.2) is 44.9 Å². The molecule has 0 saturated carbocycles. The van der Waals surface area contributed by atoms with Gasteiger partial charge in [0, 0.05) is 31.9 Å². The number of rotatable bonds is 5. The van der Waals surface area contributed by atoms with E-state index >= 15 is 0 Å². The zero-order valence-electron chi connectivity index (χ0n) is 12.6. The Morgan fingerprint density at radius 2 is 1.91 bits per heavy atom. The van der Waals surface area contributed by atoms with Crippen molar-refractivity contribution in [3.05, 3.63) is 61.9 Å². The molecule has 2 aromatic rings. The summed E-state index contributed by atoms with van der Waals surface area (Å²) in [6, 6.07) is 7.06. The van der Waals surface area contributed by atoms with Crippen molar-refractivity contribution in [2.45, 2.75) is 11.3 Å². The van der Waals surface area contributed by atoms with Gasteiger partial charge in [0.2, 0.25) is 10.0 Å². The van der Waals surface area contributed by atoms with Crippen LogP contribution in [0.1, 0.15) is 5.56 Å². The van der Waals surface area contributed by atoms with Gasteiger partial charge in [0.05, 0.1) is 0 Å². The quantitative estimate of drug-likeness (QED) is 0.831. The van der Waals surface area contributed by atoms with Crippen LogP contribution in [0.25, 0.3) is 0 Å². The number of aromatic nitrogens is 2. The first-order valence-electron chi connectivity index (χ1n) is 6.73. The van der Waals surface area contributed by atoms with E-state index in [4.69, 9.17) is 11.6 Å². The Kier molecular flexibility index (Phi) is 5.08. The van der Waals surface area contributed by atoms with Crippen molar-refractivity contribution in [1.82, 2.24) is 13.9 Å². The SMILES string of the molecule is Cn1cc(S(=O)(=O)NCCc2cccc(Cl)c2)c(=O)n(C)c1=O. The van der Waals surface area contributed by atoms with Gasteiger partial charge in [-0.1, -0.05) is 23.7 Å². The first-order chi connectivity index (χ1) is 10.7. The molecular formula is C14H16ClN3O4S. The van der Waals surface area contributed by atoms with E-state index in [0.717, 1.165) is 20.9 Å². The standard InChI is InChI=1S/C14H16ClN3O4S/c1-17-9-12(13(19)18(2)14(17)20)23(21,22)16-7-6-10-4-3-5-11(15)8-10/h3-5,8-9,16H,6-7H2,1-2H3. The van der Waals surface area contributed by atoms with Gasteiger partial charge in [-0.2, -0.15) is 0 Å². The maximum Gasteiger partial charge on any atom is 0.330 e. The Morgan fingerprint density at radius 3 is 2.57 bits per heavy atom. The van der Waals surface area contributed by atoms with Gasteiger partial charge >= 0.3 is 5.69 Å². The summed E-state index contributed by atoms with van der Waals surface area (Å²) >= 11 is 5.86. The maximum atomic E-state index is 12.3. The summed E-state index contributed by atoms with van der Waals surface area (Å²) in [5.74, 6) is 0. The summed E-state index contributed by atoms with van der Waals surface area (Å²) in [5.41, 5.74) is -0.579. The van der Waals surface area contributed by atoms with Crippen LogP contribution < -0.4 is 16.0 Å².